The van der Waals surface area contributed by atoms with Gasteiger partial charge in [0.2, 0.25) is 5.91 Å². The Morgan fingerprint density at radius 2 is 1.42 bits per heavy atom. The van der Waals surface area contributed by atoms with Crippen molar-refractivity contribution in [1.82, 2.24) is 5.32 Å². The molecule has 0 radical (unpaired) electrons. The van der Waals surface area contributed by atoms with Crippen molar-refractivity contribution in [1.29, 1.82) is 0 Å². The molecule has 1 amide bonds. The van der Waals surface area contributed by atoms with E-state index in [-0.39, 0.29) is 24.2 Å². The Balaban J connectivity index is 1.91. The van der Waals surface area contributed by atoms with Crippen LogP contribution in [0.1, 0.15) is 43.1 Å². The van der Waals surface area contributed by atoms with Gasteiger partial charge in [0, 0.05) is 23.0 Å². The quantitative estimate of drug-likeness (QED) is 0.824. The smallest absolute Gasteiger partial charge is 0.217 e. The van der Waals surface area contributed by atoms with Crippen molar-refractivity contribution < 1.29 is 9.53 Å². The van der Waals surface area contributed by atoms with E-state index in [1.54, 1.807) is 0 Å². The highest BCUT2D eigenvalue weighted by molar-refractivity contribution is 6.31. The minimum Gasteiger partial charge on any atom is -0.365 e. The normalized spacial score (nSPS) is 23.7. The van der Waals surface area contributed by atoms with Gasteiger partial charge in [-0.15, -0.1) is 0 Å². The van der Waals surface area contributed by atoms with E-state index in [1.807, 2.05) is 48.5 Å². The first-order chi connectivity index (χ1) is 11.5. The molecule has 3 nitrogen and oxygen atoms in total. The fourth-order valence-electron chi connectivity index (χ4n) is 3.20. The number of ether oxygens (including phenoxy) is 1. The van der Waals surface area contributed by atoms with Gasteiger partial charge in [-0.1, -0.05) is 59.6 Å². The fourth-order valence-corrected chi connectivity index (χ4v) is 3.72. The maximum Gasteiger partial charge on any atom is 0.217 e. The van der Waals surface area contributed by atoms with Crippen LogP contribution in [-0.2, 0) is 9.53 Å². The van der Waals surface area contributed by atoms with Crippen molar-refractivity contribution in [3.8, 4) is 0 Å². The summed E-state index contributed by atoms with van der Waals surface area (Å²) in [5.41, 5.74) is 1.87. The summed E-state index contributed by atoms with van der Waals surface area (Å²) in [7, 11) is 0. The summed E-state index contributed by atoms with van der Waals surface area (Å²) in [4.78, 5) is 11.5. The lowest BCUT2D eigenvalue weighted by molar-refractivity contribution is -0.122. The van der Waals surface area contributed by atoms with E-state index in [0.29, 0.717) is 22.9 Å². The van der Waals surface area contributed by atoms with E-state index in [9.17, 15) is 4.79 Å². The van der Waals surface area contributed by atoms with E-state index in [4.69, 9.17) is 27.9 Å². The van der Waals surface area contributed by atoms with Crippen LogP contribution in [-0.4, -0.2) is 11.9 Å². The van der Waals surface area contributed by atoms with Gasteiger partial charge < -0.3 is 10.1 Å². The summed E-state index contributed by atoms with van der Waals surface area (Å²) in [5, 5.41) is 4.36. The van der Waals surface area contributed by atoms with E-state index in [0.717, 1.165) is 11.1 Å². The number of hydrogen-bond donors (Lipinski definition) is 1. The first kappa shape index (κ1) is 17.3. The van der Waals surface area contributed by atoms with Gasteiger partial charge in [-0.3, -0.25) is 4.79 Å². The van der Waals surface area contributed by atoms with Gasteiger partial charge >= 0.3 is 0 Å². The molecule has 2 aromatic carbocycles. The molecule has 1 saturated heterocycles. The summed E-state index contributed by atoms with van der Waals surface area (Å²) in [5.74, 6) is -0.0438. The van der Waals surface area contributed by atoms with Gasteiger partial charge in [0.25, 0.3) is 0 Å². The third-order valence-electron chi connectivity index (χ3n) is 4.24. The molecule has 5 heteroatoms. The second kappa shape index (κ2) is 7.56. The lowest BCUT2D eigenvalue weighted by Crippen LogP contribution is -2.39. The molecular formula is C19H19Cl2NO2. The van der Waals surface area contributed by atoms with Crippen LogP contribution in [0.25, 0.3) is 0 Å². The average Bonchev–Trinajstić information content (AvgIpc) is 2.55. The largest absolute Gasteiger partial charge is 0.365 e. The molecule has 1 heterocycles. The number of benzene rings is 2. The molecule has 3 rings (SSSR count). The first-order valence-corrected chi connectivity index (χ1v) is 8.71. The highest BCUT2D eigenvalue weighted by Gasteiger charge is 2.33. The Hall–Kier alpha value is -1.55. The fraction of sp³-hybridized carbons (Fsp3) is 0.316. The van der Waals surface area contributed by atoms with Crippen molar-refractivity contribution in [2.24, 2.45) is 0 Å². The van der Waals surface area contributed by atoms with Gasteiger partial charge in [0.15, 0.2) is 0 Å². The number of amides is 1. The third-order valence-corrected chi connectivity index (χ3v) is 4.93. The summed E-state index contributed by atoms with van der Waals surface area (Å²) >= 11 is 12.7. The molecule has 1 fully saturated rings. The molecule has 0 spiro atoms. The Kier molecular flexibility index (Phi) is 5.44. The van der Waals surface area contributed by atoms with Crippen molar-refractivity contribution >= 4 is 29.1 Å². The molecule has 1 aliphatic rings. The lowest BCUT2D eigenvalue weighted by Gasteiger charge is -2.36. The first-order valence-electron chi connectivity index (χ1n) is 7.96. The number of rotatable bonds is 3. The van der Waals surface area contributed by atoms with Crippen LogP contribution in [0.2, 0.25) is 10.0 Å². The zero-order valence-corrected chi connectivity index (χ0v) is 14.8. The van der Waals surface area contributed by atoms with Crippen LogP contribution in [0.4, 0.5) is 0 Å². The number of carbonyl (C=O) groups excluding carboxylic acids is 1. The molecule has 3 atom stereocenters. The van der Waals surface area contributed by atoms with Crippen LogP contribution in [0.15, 0.2) is 48.5 Å². The van der Waals surface area contributed by atoms with Crippen LogP contribution in [0.5, 0.6) is 0 Å². The summed E-state index contributed by atoms with van der Waals surface area (Å²) < 4.78 is 6.31. The van der Waals surface area contributed by atoms with E-state index in [1.165, 1.54) is 6.92 Å². The van der Waals surface area contributed by atoms with Gasteiger partial charge in [-0.05, 0) is 36.1 Å². The molecule has 0 aliphatic carbocycles. The van der Waals surface area contributed by atoms with Crippen molar-refractivity contribution in [2.75, 3.05) is 0 Å². The summed E-state index contributed by atoms with van der Waals surface area (Å²) in [6.45, 7) is 1.53. The molecule has 0 saturated carbocycles. The van der Waals surface area contributed by atoms with Crippen LogP contribution >= 0.6 is 23.2 Å². The van der Waals surface area contributed by atoms with Gasteiger partial charge in [-0.2, -0.15) is 0 Å². The Labute approximate surface area is 151 Å². The molecule has 1 aliphatic heterocycles. The molecule has 24 heavy (non-hydrogen) atoms. The average molecular weight is 364 g/mol. The van der Waals surface area contributed by atoms with Crippen molar-refractivity contribution in [2.45, 2.75) is 38.0 Å². The summed E-state index contributed by atoms with van der Waals surface area (Å²) in [6, 6.07) is 15.3. The van der Waals surface area contributed by atoms with E-state index in [2.05, 4.69) is 5.32 Å². The monoisotopic (exact) mass is 363 g/mol. The van der Waals surface area contributed by atoms with Gasteiger partial charge in [0.05, 0.1) is 12.2 Å². The second-order valence-corrected chi connectivity index (χ2v) is 6.84. The standard InChI is InChI=1S/C19H19Cl2NO2/c1-12(23)22-13-10-18(14-6-2-4-8-16(14)20)24-19(11-13)15-7-3-5-9-17(15)21/h2-9,13,18-19H,10-11H2,1H3,(H,22,23)/t13?,18-,19+. The van der Waals surface area contributed by atoms with Crippen molar-refractivity contribution in [3.63, 3.8) is 0 Å². The second-order valence-electron chi connectivity index (χ2n) is 6.03. The highest BCUT2D eigenvalue weighted by Crippen LogP contribution is 2.42. The summed E-state index contributed by atoms with van der Waals surface area (Å²) in [6.07, 6.45) is 0.991. The molecule has 0 bridgehead atoms. The predicted octanol–water partition coefficient (Wildman–Crippen LogP) is 5.09. The Morgan fingerprint density at radius 1 is 0.958 bits per heavy atom. The lowest BCUT2D eigenvalue weighted by atomic mass is 9.91. The predicted molar refractivity (Wildman–Crippen MR) is 96.3 cm³/mol. The topological polar surface area (TPSA) is 38.3 Å². The number of nitrogens with one attached hydrogen (secondary N) is 1. The van der Waals surface area contributed by atoms with Crippen LogP contribution in [0, 0.1) is 0 Å². The maximum atomic E-state index is 11.5. The van der Waals surface area contributed by atoms with Crippen LogP contribution in [0.3, 0.4) is 0 Å². The Bertz CT molecular complexity index is 681. The maximum absolute atomic E-state index is 11.5. The zero-order valence-electron chi connectivity index (χ0n) is 13.3. The molecule has 0 aromatic heterocycles. The van der Waals surface area contributed by atoms with Gasteiger partial charge in [-0.25, -0.2) is 0 Å². The zero-order chi connectivity index (χ0) is 17.1. The molecule has 2 aromatic rings. The highest BCUT2D eigenvalue weighted by atomic mass is 35.5. The number of hydrogen-bond acceptors (Lipinski definition) is 2. The Morgan fingerprint density at radius 3 is 1.83 bits per heavy atom. The van der Waals surface area contributed by atoms with E-state index >= 15 is 0 Å². The minimum absolute atomic E-state index is 0.0128. The molecule has 1 N–H and O–H groups in total. The molecule has 126 valence electrons. The number of carbonyl (C=O) groups is 1. The third kappa shape index (κ3) is 3.92. The van der Waals surface area contributed by atoms with E-state index < -0.39 is 0 Å². The SMILES string of the molecule is CC(=O)NC1C[C@@H](c2ccccc2Cl)O[C@@H](c2ccccc2Cl)C1. The number of halogens is 2. The van der Waals surface area contributed by atoms with Crippen LogP contribution < -0.4 is 5.32 Å². The van der Waals surface area contributed by atoms with Crippen molar-refractivity contribution in [3.05, 3.63) is 69.7 Å². The minimum atomic E-state index is -0.189. The van der Waals surface area contributed by atoms with Gasteiger partial charge in [0.1, 0.15) is 0 Å². The molecule has 1 unspecified atom stereocenters. The molecular weight excluding hydrogens is 345 g/mol.